The van der Waals surface area contributed by atoms with E-state index in [4.69, 9.17) is 11.6 Å². The van der Waals surface area contributed by atoms with E-state index in [-0.39, 0.29) is 11.6 Å². The summed E-state index contributed by atoms with van der Waals surface area (Å²) in [6.07, 6.45) is 0.648. The number of halogens is 3. The van der Waals surface area contributed by atoms with Crippen LogP contribution >= 0.6 is 11.6 Å². The van der Waals surface area contributed by atoms with E-state index in [1.54, 1.807) is 24.3 Å². The van der Waals surface area contributed by atoms with Crippen LogP contribution in [0.3, 0.4) is 0 Å². The molecule has 0 atom stereocenters. The summed E-state index contributed by atoms with van der Waals surface area (Å²) < 4.78 is 26.8. The van der Waals surface area contributed by atoms with Crippen LogP contribution in [-0.4, -0.2) is 5.88 Å². The highest BCUT2D eigenvalue weighted by atomic mass is 35.5. The van der Waals surface area contributed by atoms with Gasteiger partial charge in [0.2, 0.25) is 0 Å². The van der Waals surface area contributed by atoms with Crippen molar-refractivity contribution in [1.82, 2.24) is 0 Å². The van der Waals surface area contributed by atoms with E-state index in [0.717, 1.165) is 27.8 Å². The van der Waals surface area contributed by atoms with Gasteiger partial charge in [0.25, 0.3) is 0 Å². The van der Waals surface area contributed by atoms with Crippen LogP contribution in [0.4, 0.5) is 8.78 Å². The third kappa shape index (κ3) is 4.15. The van der Waals surface area contributed by atoms with Gasteiger partial charge < -0.3 is 0 Å². The lowest BCUT2D eigenvalue weighted by Gasteiger charge is -2.17. The van der Waals surface area contributed by atoms with Crippen LogP contribution in [0.15, 0.2) is 78.9 Å². The molecule has 0 amide bonds. The highest BCUT2D eigenvalue weighted by Gasteiger charge is 2.14. The number of allylic oxidation sites excluding steroid dienone is 1. The maximum Gasteiger partial charge on any atom is 0.123 e. The van der Waals surface area contributed by atoms with Crippen molar-refractivity contribution in [2.45, 2.75) is 6.42 Å². The second-order valence-electron chi connectivity index (χ2n) is 5.67. The molecule has 25 heavy (non-hydrogen) atoms. The molecule has 0 radical (unpaired) electrons. The van der Waals surface area contributed by atoms with Crippen molar-refractivity contribution in [3.63, 3.8) is 0 Å². The van der Waals surface area contributed by atoms with Gasteiger partial charge in [-0.05, 0) is 58.5 Å². The Morgan fingerprint density at radius 2 is 1.12 bits per heavy atom. The zero-order valence-corrected chi connectivity index (χ0v) is 14.3. The first-order valence-corrected chi connectivity index (χ1v) is 8.59. The molecular weight excluding hydrogens is 338 g/mol. The Hall–Kier alpha value is -2.45. The van der Waals surface area contributed by atoms with Crippen LogP contribution in [0.5, 0.6) is 0 Å². The van der Waals surface area contributed by atoms with Gasteiger partial charge in [-0.3, -0.25) is 0 Å². The summed E-state index contributed by atoms with van der Waals surface area (Å²) in [4.78, 5) is 0. The summed E-state index contributed by atoms with van der Waals surface area (Å²) in [5.41, 5.74) is 4.78. The van der Waals surface area contributed by atoms with Crippen molar-refractivity contribution < 1.29 is 8.78 Å². The Balaban J connectivity index is 2.26. The van der Waals surface area contributed by atoms with E-state index in [9.17, 15) is 8.78 Å². The highest BCUT2D eigenvalue weighted by molar-refractivity contribution is 6.18. The molecule has 0 aromatic heterocycles. The zero-order chi connectivity index (χ0) is 17.6. The van der Waals surface area contributed by atoms with Gasteiger partial charge in [-0.1, -0.05) is 54.6 Å². The molecule has 0 aliphatic rings. The first-order valence-electron chi connectivity index (χ1n) is 8.05. The molecule has 0 fully saturated rings. The zero-order valence-electron chi connectivity index (χ0n) is 13.6. The van der Waals surface area contributed by atoms with E-state index >= 15 is 0 Å². The molecule has 0 bridgehead atoms. The summed E-state index contributed by atoms with van der Waals surface area (Å²) >= 11 is 6.06. The summed E-state index contributed by atoms with van der Waals surface area (Å²) in [5, 5.41) is 0. The Morgan fingerprint density at radius 1 is 0.640 bits per heavy atom. The molecule has 0 unspecified atom stereocenters. The lowest BCUT2D eigenvalue weighted by Crippen LogP contribution is -1.97. The molecule has 3 rings (SSSR count). The van der Waals surface area contributed by atoms with Gasteiger partial charge in [0.1, 0.15) is 11.6 Å². The van der Waals surface area contributed by atoms with Gasteiger partial charge in [-0.2, -0.15) is 0 Å². The van der Waals surface area contributed by atoms with Crippen molar-refractivity contribution >= 4 is 22.7 Å². The molecule has 0 aliphatic carbocycles. The van der Waals surface area contributed by atoms with Gasteiger partial charge in [-0.25, -0.2) is 8.78 Å². The Bertz CT molecular complexity index is 803. The van der Waals surface area contributed by atoms with Gasteiger partial charge in [0, 0.05) is 5.88 Å². The molecule has 126 valence electrons. The van der Waals surface area contributed by atoms with E-state index in [0.29, 0.717) is 12.3 Å². The molecule has 0 saturated carbocycles. The summed E-state index contributed by atoms with van der Waals surface area (Å²) in [5.74, 6) is -0.127. The van der Waals surface area contributed by atoms with Crippen LogP contribution in [0.1, 0.15) is 23.1 Å². The van der Waals surface area contributed by atoms with Gasteiger partial charge >= 0.3 is 0 Å². The Morgan fingerprint density at radius 3 is 1.56 bits per heavy atom. The maximum absolute atomic E-state index is 13.4. The standard InChI is InChI=1S/C22H17ClF2/c23-15-14-21(16-4-2-1-3-5-16)22(17-6-10-19(24)11-7-17)18-8-12-20(25)13-9-18/h1-13H,14-15H2. The minimum Gasteiger partial charge on any atom is -0.207 e. The molecule has 0 spiro atoms. The number of hydrogen-bond acceptors (Lipinski definition) is 0. The lowest BCUT2D eigenvalue weighted by atomic mass is 9.88. The van der Waals surface area contributed by atoms with E-state index in [1.807, 2.05) is 30.3 Å². The SMILES string of the molecule is Fc1ccc(C(=C(CCCl)c2ccccc2)c2ccc(F)cc2)cc1. The predicted molar refractivity (Wildman–Crippen MR) is 100 cm³/mol. The largest absolute Gasteiger partial charge is 0.207 e. The van der Waals surface area contributed by atoms with Crippen molar-refractivity contribution in [2.24, 2.45) is 0 Å². The lowest BCUT2D eigenvalue weighted by molar-refractivity contribution is 0.627. The van der Waals surface area contributed by atoms with Crippen LogP contribution in [0, 0.1) is 11.6 Å². The van der Waals surface area contributed by atoms with Crippen LogP contribution in [0.2, 0.25) is 0 Å². The van der Waals surface area contributed by atoms with Gasteiger partial charge in [0.05, 0.1) is 0 Å². The highest BCUT2D eigenvalue weighted by Crippen LogP contribution is 2.34. The van der Waals surface area contributed by atoms with Crippen LogP contribution < -0.4 is 0 Å². The fraction of sp³-hybridized carbons (Fsp3) is 0.0909. The van der Waals surface area contributed by atoms with E-state index in [1.165, 1.54) is 24.3 Å². The summed E-state index contributed by atoms with van der Waals surface area (Å²) in [6, 6.07) is 22.6. The molecule has 0 saturated heterocycles. The first kappa shape index (κ1) is 17.4. The monoisotopic (exact) mass is 354 g/mol. The second kappa shape index (κ2) is 8.09. The van der Waals surface area contributed by atoms with Crippen LogP contribution in [-0.2, 0) is 0 Å². The number of hydrogen-bond donors (Lipinski definition) is 0. The Kier molecular flexibility index (Phi) is 5.62. The quantitative estimate of drug-likeness (QED) is 0.360. The van der Waals surface area contributed by atoms with E-state index in [2.05, 4.69) is 0 Å². The topological polar surface area (TPSA) is 0 Å². The summed E-state index contributed by atoms with van der Waals surface area (Å²) in [6.45, 7) is 0. The first-order chi connectivity index (χ1) is 12.2. The maximum atomic E-state index is 13.4. The molecule has 3 aromatic rings. The third-order valence-electron chi connectivity index (χ3n) is 4.03. The normalized spacial score (nSPS) is 10.5. The molecule has 0 heterocycles. The average Bonchev–Trinajstić information content (AvgIpc) is 2.65. The van der Waals surface area contributed by atoms with Crippen molar-refractivity contribution in [3.8, 4) is 0 Å². The van der Waals surface area contributed by atoms with Crippen LogP contribution in [0.25, 0.3) is 11.1 Å². The molecular formula is C22H17ClF2. The summed E-state index contributed by atoms with van der Waals surface area (Å²) in [7, 11) is 0. The molecule has 3 aromatic carbocycles. The van der Waals surface area contributed by atoms with E-state index < -0.39 is 0 Å². The van der Waals surface area contributed by atoms with Crippen molar-refractivity contribution in [3.05, 3.63) is 107 Å². The van der Waals surface area contributed by atoms with Gasteiger partial charge in [-0.15, -0.1) is 11.6 Å². The average molecular weight is 355 g/mol. The van der Waals surface area contributed by atoms with Crippen molar-refractivity contribution in [2.75, 3.05) is 5.88 Å². The third-order valence-corrected chi connectivity index (χ3v) is 4.22. The van der Waals surface area contributed by atoms with Gasteiger partial charge in [0.15, 0.2) is 0 Å². The smallest absolute Gasteiger partial charge is 0.123 e. The van der Waals surface area contributed by atoms with Crippen molar-refractivity contribution in [1.29, 1.82) is 0 Å². The number of alkyl halides is 1. The fourth-order valence-corrected chi connectivity index (χ4v) is 3.08. The molecule has 0 nitrogen and oxygen atoms in total. The number of benzene rings is 3. The second-order valence-corrected chi connectivity index (χ2v) is 6.05. The fourth-order valence-electron chi connectivity index (χ4n) is 2.90. The molecule has 0 N–H and O–H groups in total. The number of rotatable bonds is 5. The minimum atomic E-state index is -0.291. The Labute approximate surface area is 151 Å². The minimum absolute atomic E-state index is 0.291. The molecule has 0 aliphatic heterocycles. The predicted octanol–water partition coefficient (Wildman–Crippen LogP) is 6.55. The molecule has 3 heteroatoms.